The Morgan fingerprint density at radius 3 is 2.62 bits per heavy atom. The molecule has 0 aromatic rings. The van der Waals surface area contributed by atoms with Crippen molar-refractivity contribution < 1.29 is 4.21 Å². The highest BCUT2D eigenvalue weighted by Crippen LogP contribution is 2.06. The van der Waals surface area contributed by atoms with E-state index in [1.807, 2.05) is 19.9 Å². The van der Waals surface area contributed by atoms with Crippen molar-refractivity contribution in [1.82, 2.24) is 0 Å². The Morgan fingerprint density at radius 2 is 2.23 bits per heavy atom. The molecule has 0 saturated heterocycles. The first-order chi connectivity index (χ1) is 5.85. The van der Waals surface area contributed by atoms with Gasteiger partial charge in [0.2, 0.25) is 0 Å². The van der Waals surface area contributed by atoms with Gasteiger partial charge in [-0.25, -0.2) is 8.99 Å². The summed E-state index contributed by atoms with van der Waals surface area (Å²) < 4.78 is 18.2. The van der Waals surface area contributed by atoms with Crippen LogP contribution in [0.1, 0.15) is 20.3 Å². The van der Waals surface area contributed by atoms with Gasteiger partial charge in [-0.15, -0.1) is 0 Å². The molecule has 0 bridgehead atoms. The summed E-state index contributed by atoms with van der Waals surface area (Å²) in [6.45, 7) is 3.99. The third-order valence-corrected chi connectivity index (χ3v) is 2.34. The van der Waals surface area contributed by atoms with Crippen molar-refractivity contribution >= 4 is 15.4 Å². The maximum atomic E-state index is 11.0. The largest absolute Gasteiger partial charge is 0.298 e. The van der Waals surface area contributed by atoms with Crippen LogP contribution in [0.15, 0.2) is 16.5 Å². The molecule has 3 nitrogen and oxygen atoms in total. The van der Waals surface area contributed by atoms with Crippen LogP contribution in [0.3, 0.4) is 0 Å². The van der Waals surface area contributed by atoms with Crippen LogP contribution in [0.2, 0.25) is 0 Å². The lowest BCUT2D eigenvalue weighted by Crippen LogP contribution is -1.99. The van der Waals surface area contributed by atoms with Crippen LogP contribution in [0, 0.1) is 10.7 Å². The van der Waals surface area contributed by atoms with E-state index in [-0.39, 0.29) is 0 Å². The number of hydrogen-bond donors (Lipinski definition) is 1. The van der Waals surface area contributed by atoms with E-state index < -0.39 is 9.73 Å². The van der Waals surface area contributed by atoms with Crippen LogP contribution < -0.4 is 0 Å². The molecule has 0 heterocycles. The van der Waals surface area contributed by atoms with E-state index >= 15 is 0 Å². The van der Waals surface area contributed by atoms with Crippen LogP contribution in [0.25, 0.3) is 0 Å². The minimum absolute atomic E-state index is 0.301. The maximum Gasteiger partial charge on any atom is 0.0624 e. The van der Waals surface area contributed by atoms with E-state index in [1.54, 1.807) is 7.05 Å². The minimum Gasteiger partial charge on any atom is -0.298 e. The van der Waals surface area contributed by atoms with Crippen LogP contribution >= 0.6 is 0 Å². The molecule has 0 aliphatic heterocycles. The van der Waals surface area contributed by atoms with Crippen molar-refractivity contribution in [1.29, 1.82) is 4.78 Å². The van der Waals surface area contributed by atoms with Gasteiger partial charge < -0.3 is 0 Å². The highest BCUT2D eigenvalue weighted by molar-refractivity contribution is 7.94. The number of hydrogen-bond acceptors (Lipinski definition) is 3. The third-order valence-electron chi connectivity index (χ3n) is 1.67. The lowest BCUT2D eigenvalue weighted by molar-refractivity contribution is 0.683. The maximum absolute atomic E-state index is 11.0. The average molecular weight is 202 g/mol. The summed E-state index contributed by atoms with van der Waals surface area (Å²) in [4.78, 5) is 4.04. The molecule has 1 N–H and O–H groups in total. The second kappa shape index (κ2) is 5.17. The van der Waals surface area contributed by atoms with Gasteiger partial charge in [-0.2, -0.15) is 0 Å². The van der Waals surface area contributed by atoms with E-state index in [0.717, 1.165) is 12.1 Å². The second-order valence-corrected chi connectivity index (χ2v) is 5.45. The standard InChI is InChI=1S/C9H18N2OS/c1-8(7-9(2)11-3)5-6-13(4,10)12/h5-6,8,10H,7H2,1-4H3/b6-5+,11-9+. The molecule has 0 aliphatic carbocycles. The smallest absolute Gasteiger partial charge is 0.0624 e. The van der Waals surface area contributed by atoms with Crippen molar-refractivity contribution in [2.75, 3.05) is 13.3 Å². The van der Waals surface area contributed by atoms with E-state index in [1.165, 1.54) is 11.7 Å². The molecule has 76 valence electrons. The van der Waals surface area contributed by atoms with Gasteiger partial charge in [-0.05, 0) is 19.3 Å². The predicted octanol–water partition coefficient (Wildman–Crippen LogP) is 2.29. The molecule has 0 fully saturated rings. The van der Waals surface area contributed by atoms with Gasteiger partial charge >= 0.3 is 0 Å². The van der Waals surface area contributed by atoms with Crippen molar-refractivity contribution in [3.05, 3.63) is 11.5 Å². The highest BCUT2D eigenvalue weighted by Gasteiger charge is 1.99. The molecule has 0 aromatic heterocycles. The third kappa shape index (κ3) is 7.71. The summed E-state index contributed by atoms with van der Waals surface area (Å²) in [6, 6.07) is 0. The molecule has 0 radical (unpaired) electrons. The molecule has 0 aromatic carbocycles. The molecule has 0 aliphatic rings. The summed E-state index contributed by atoms with van der Waals surface area (Å²) in [5.41, 5.74) is 1.07. The Balaban J connectivity index is 4.17. The second-order valence-electron chi connectivity index (χ2n) is 3.37. The quantitative estimate of drug-likeness (QED) is 0.699. The van der Waals surface area contributed by atoms with Crippen molar-refractivity contribution in [3.8, 4) is 0 Å². The molecule has 2 unspecified atom stereocenters. The molecular formula is C9H18N2OS. The zero-order chi connectivity index (χ0) is 10.5. The number of nitrogens with one attached hydrogen (secondary N) is 1. The number of aliphatic imine (C=N–C) groups is 1. The fraction of sp³-hybridized carbons (Fsp3) is 0.667. The normalized spacial score (nSPS) is 20.2. The highest BCUT2D eigenvalue weighted by atomic mass is 32.2. The van der Waals surface area contributed by atoms with Gasteiger partial charge in [-0.3, -0.25) is 4.99 Å². The van der Waals surface area contributed by atoms with Crippen LogP contribution in [-0.2, 0) is 9.73 Å². The molecule has 0 amide bonds. The van der Waals surface area contributed by atoms with Gasteiger partial charge in [0.1, 0.15) is 0 Å². The van der Waals surface area contributed by atoms with Crippen molar-refractivity contribution in [2.24, 2.45) is 10.9 Å². The van der Waals surface area contributed by atoms with Gasteiger partial charge in [0.25, 0.3) is 0 Å². The fourth-order valence-electron chi connectivity index (χ4n) is 0.909. The first kappa shape index (κ1) is 12.4. The fourth-order valence-corrected chi connectivity index (χ4v) is 1.48. The average Bonchev–Trinajstić information content (AvgIpc) is 1.99. The number of allylic oxidation sites excluding steroid dienone is 1. The van der Waals surface area contributed by atoms with Gasteiger partial charge in [0.15, 0.2) is 0 Å². The summed E-state index contributed by atoms with van der Waals surface area (Å²) >= 11 is 0. The summed E-state index contributed by atoms with van der Waals surface area (Å²) in [6.07, 6.45) is 4.10. The van der Waals surface area contributed by atoms with Gasteiger partial charge in [0, 0.05) is 24.4 Å². The van der Waals surface area contributed by atoms with E-state index in [0.29, 0.717) is 5.92 Å². The first-order valence-corrected chi connectivity index (χ1v) is 6.22. The zero-order valence-electron chi connectivity index (χ0n) is 8.70. The topological polar surface area (TPSA) is 53.3 Å². The van der Waals surface area contributed by atoms with E-state index in [2.05, 4.69) is 4.99 Å². The number of nitrogens with zero attached hydrogens (tertiary/aromatic N) is 1. The molecule has 2 atom stereocenters. The Kier molecular flexibility index (Phi) is 4.91. The summed E-state index contributed by atoms with van der Waals surface area (Å²) in [5.74, 6) is 0.301. The van der Waals surface area contributed by atoms with Crippen molar-refractivity contribution in [2.45, 2.75) is 20.3 Å². The van der Waals surface area contributed by atoms with Gasteiger partial charge in [0.05, 0.1) is 9.73 Å². The Morgan fingerprint density at radius 1 is 1.69 bits per heavy atom. The molecular weight excluding hydrogens is 184 g/mol. The lowest BCUT2D eigenvalue weighted by Gasteiger charge is -2.04. The van der Waals surface area contributed by atoms with E-state index in [9.17, 15) is 4.21 Å². The van der Waals surface area contributed by atoms with Gasteiger partial charge in [-0.1, -0.05) is 13.0 Å². The van der Waals surface area contributed by atoms with Crippen molar-refractivity contribution in [3.63, 3.8) is 0 Å². The zero-order valence-corrected chi connectivity index (χ0v) is 9.52. The molecule has 4 heteroatoms. The lowest BCUT2D eigenvalue weighted by atomic mass is 10.1. The molecule has 0 spiro atoms. The minimum atomic E-state index is -2.48. The Labute approximate surface area is 80.9 Å². The summed E-state index contributed by atoms with van der Waals surface area (Å²) in [5, 5.41) is 1.47. The molecule has 0 saturated carbocycles. The Bertz CT molecular complexity index is 302. The summed E-state index contributed by atoms with van der Waals surface area (Å²) in [7, 11) is -0.719. The molecule has 13 heavy (non-hydrogen) atoms. The van der Waals surface area contributed by atoms with Crippen LogP contribution in [-0.4, -0.2) is 23.2 Å². The van der Waals surface area contributed by atoms with Crippen LogP contribution in [0.5, 0.6) is 0 Å². The van der Waals surface area contributed by atoms with E-state index in [4.69, 9.17) is 4.78 Å². The Hall–Kier alpha value is -0.640. The van der Waals surface area contributed by atoms with Crippen LogP contribution in [0.4, 0.5) is 0 Å². The first-order valence-electron chi connectivity index (χ1n) is 4.19. The molecule has 0 rings (SSSR count). The number of rotatable bonds is 4. The SMILES string of the molecule is C/N=C(\C)CC(C)/C=C/S(C)(=N)=O. The predicted molar refractivity (Wildman–Crippen MR) is 58.7 cm³/mol. The monoisotopic (exact) mass is 202 g/mol.